The molecule has 180 valence electrons. The Bertz CT molecular complexity index is 849. The molecule has 2 aromatic carbocycles. The van der Waals surface area contributed by atoms with E-state index in [1.165, 1.54) is 53.5 Å². The van der Waals surface area contributed by atoms with Crippen LogP contribution in [0.2, 0.25) is 0 Å². The number of hydrogen-bond donors (Lipinski definition) is 0. The SMILES string of the molecule is COc1cc(/C=C/[S+]([O-])C[S+]([O-])/C=C/c2cc(OC)c(OC)c(OC)c2)cc(OC)c1OC. The molecule has 0 aliphatic rings. The van der Waals surface area contributed by atoms with Crippen LogP contribution in [0.1, 0.15) is 11.1 Å². The molecule has 0 aliphatic carbocycles. The monoisotopic (exact) mass is 496 g/mol. The molecule has 0 heterocycles. The zero-order valence-corrected chi connectivity index (χ0v) is 21.0. The molecule has 0 radical (unpaired) electrons. The molecule has 0 spiro atoms. The zero-order valence-electron chi connectivity index (χ0n) is 19.4. The van der Waals surface area contributed by atoms with Gasteiger partial charge in [0.2, 0.25) is 11.5 Å². The molecule has 0 saturated heterocycles. The van der Waals surface area contributed by atoms with Crippen LogP contribution in [0.4, 0.5) is 0 Å². The molecule has 8 nitrogen and oxygen atoms in total. The van der Waals surface area contributed by atoms with Crippen LogP contribution in [0.3, 0.4) is 0 Å². The van der Waals surface area contributed by atoms with E-state index < -0.39 is 22.4 Å². The Kier molecular flexibility index (Phi) is 10.6. The van der Waals surface area contributed by atoms with Crippen molar-refractivity contribution in [1.29, 1.82) is 0 Å². The summed E-state index contributed by atoms with van der Waals surface area (Å²) >= 11 is -2.93. The normalized spacial score (nSPS) is 13.1. The first-order chi connectivity index (χ1) is 15.9. The Morgan fingerprint density at radius 3 is 1.12 bits per heavy atom. The Morgan fingerprint density at radius 2 is 0.879 bits per heavy atom. The standard InChI is InChI=1S/C23H28O8S2/c1-26-18-11-16(12-19(27-2)22(18)30-5)7-9-32(24)15-33(25)10-8-17-13-20(28-3)23(31-6)21(14-17)29-4/h7-14H,15H2,1-6H3/b9-7+,10-8+. The highest BCUT2D eigenvalue weighted by Gasteiger charge is 2.16. The van der Waals surface area contributed by atoms with Crippen molar-refractivity contribution in [3.8, 4) is 34.5 Å². The van der Waals surface area contributed by atoms with Crippen molar-refractivity contribution in [2.45, 2.75) is 0 Å². The van der Waals surface area contributed by atoms with E-state index >= 15 is 0 Å². The first-order valence-electron chi connectivity index (χ1n) is 9.61. The van der Waals surface area contributed by atoms with Crippen molar-refractivity contribution in [3.63, 3.8) is 0 Å². The Hall–Kier alpha value is -2.66. The van der Waals surface area contributed by atoms with Gasteiger partial charge in [0, 0.05) is 22.4 Å². The second-order valence-corrected chi connectivity index (χ2v) is 9.41. The lowest BCUT2D eigenvalue weighted by atomic mass is 10.2. The van der Waals surface area contributed by atoms with Gasteiger partial charge in [-0.3, -0.25) is 0 Å². The molecule has 0 N–H and O–H groups in total. The van der Waals surface area contributed by atoms with Gasteiger partial charge in [-0.1, -0.05) is 0 Å². The topological polar surface area (TPSA) is 102 Å². The fourth-order valence-electron chi connectivity index (χ4n) is 2.90. The van der Waals surface area contributed by atoms with Crippen LogP contribution in [-0.4, -0.2) is 56.8 Å². The predicted octanol–water partition coefficient (Wildman–Crippen LogP) is 3.83. The molecule has 2 aromatic rings. The highest BCUT2D eigenvalue weighted by molar-refractivity contribution is 8.10. The van der Waals surface area contributed by atoms with Gasteiger partial charge in [-0.05, 0) is 47.5 Å². The van der Waals surface area contributed by atoms with E-state index in [1.54, 1.807) is 36.4 Å². The molecular weight excluding hydrogens is 468 g/mol. The molecule has 2 atom stereocenters. The van der Waals surface area contributed by atoms with Crippen molar-refractivity contribution >= 4 is 34.5 Å². The smallest absolute Gasteiger partial charge is 0.262 e. The van der Waals surface area contributed by atoms with Crippen LogP contribution in [0.15, 0.2) is 35.1 Å². The van der Waals surface area contributed by atoms with Gasteiger partial charge >= 0.3 is 0 Å². The fourth-order valence-corrected chi connectivity index (χ4v) is 5.06. The summed E-state index contributed by atoms with van der Waals surface area (Å²) in [4.78, 5) is 0. The number of benzene rings is 2. The van der Waals surface area contributed by atoms with Gasteiger partial charge < -0.3 is 37.5 Å². The maximum Gasteiger partial charge on any atom is 0.262 e. The van der Waals surface area contributed by atoms with Gasteiger partial charge in [-0.15, -0.1) is 0 Å². The van der Waals surface area contributed by atoms with Crippen molar-refractivity contribution in [1.82, 2.24) is 0 Å². The minimum atomic E-state index is -1.46. The number of ether oxygens (including phenoxy) is 6. The average molecular weight is 497 g/mol. The van der Waals surface area contributed by atoms with Gasteiger partial charge in [-0.25, -0.2) is 0 Å². The summed E-state index contributed by atoms with van der Waals surface area (Å²) in [5, 5.41) is 2.90. The fraction of sp³-hybridized carbons (Fsp3) is 0.304. The molecule has 2 unspecified atom stereocenters. The van der Waals surface area contributed by atoms with E-state index in [0.29, 0.717) is 45.6 Å². The third-order valence-corrected chi connectivity index (χ3v) is 7.17. The molecule has 10 heteroatoms. The van der Waals surface area contributed by atoms with Gasteiger partial charge in [-0.2, -0.15) is 0 Å². The Morgan fingerprint density at radius 1 is 0.576 bits per heavy atom. The highest BCUT2D eigenvalue weighted by atomic mass is 32.3. The maximum atomic E-state index is 12.4. The van der Waals surface area contributed by atoms with Crippen molar-refractivity contribution in [3.05, 3.63) is 46.2 Å². The van der Waals surface area contributed by atoms with Crippen LogP contribution >= 0.6 is 0 Å². The molecule has 0 fully saturated rings. The molecule has 0 aromatic heterocycles. The number of methoxy groups -OCH3 is 6. The summed E-state index contributed by atoms with van der Waals surface area (Å²) in [7, 11) is 9.12. The van der Waals surface area contributed by atoms with Crippen LogP contribution in [0.25, 0.3) is 12.2 Å². The Balaban J connectivity index is 2.09. The molecule has 0 bridgehead atoms. The predicted molar refractivity (Wildman–Crippen MR) is 131 cm³/mol. The summed E-state index contributed by atoms with van der Waals surface area (Å²) < 4.78 is 56.7. The second-order valence-electron chi connectivity index (χ2n) is 6.40. The molecule has 0 amide bonds. The summed E-state index contributed by atoms with van der Waals surface area (Å²) in [6, 6.07) is 6.93. The van der Waals surface area contributed by atoms with E-state index in [0.717, 1.165) is 0 Å². The number of rotatable bonds is 12. The average Bonchev–Trinajstić information content (AvgIpc) is 2.84. The summed E-state index contributed by atoms with van der Waals surface area (Å²) in [5.74, 6) is 2.88. The lowest BCUT2D eigenvalue weighted by Gasteiger charge is -2.13. The lowest BCUT2D eigenvalue weighted by molar-refractivity contribution is 0.324. The van der Waals surface area contributed by atoms with Crippen LogP contribution in [-0.2, 0) is 22.4 Å². The first-order valence-corrected chi connectivity index (χ1v) is 12.4. The van der Waals surface area contributed by atoms with Gasteiger partial charge in [0.25, 0.3) is 5.08 Å². The molecule has 2 rings (SSSR count). The van der Waals surface area contributed by atoms with E-state index in [-0.39, 0.29) is 5.08 Å². The molecule has 33 heavy (non-hydrogen) atoms. The number of hydrogen-bond acceptors (Lipinski definition) is 8. The van der Waals surface area contributed by atoms with E-state index in [1.807, 2.05) is 0 Å². The lowest BCUT2D eigenvalue weighted by Crippen LogP contribution is -2.11. The first kappa shape index (κ1) is 26.6. The van der Waals surface area contributed by atoms with Crippen LogP contribution in [0, 0.1) is 0 Å². The zero-order chi connectivity index (χ0) is 24.4. The minimum Gasteiger partial charge on any atom is -0.608 e. The maximum absolute atomic E-state index is 12.4. The van der Waals surface area contributed by atoms with E-state index in [9.17, 15) is 9.11 Å². The summed E-state index contributed by atoms with van der Waals surface area (Å²) in [6.45, 7) is 0. The highest BCUT2D eigenvalue weighted by Crippen LogP contribution is 2.39. The van der Waals surface area contributed by atoms with E-state index in [2.05, 4.69) is 0 Å². The molecular formula is C23H28O8S2. The summed E-state index contributed by atoms with van der Waals surface area (Å²) in [6.07, 6.45) is 3.31. The van der Waals surface area contributed by atoms with Crippen molar-refractivity contribution in [2.24, 2.45) is 0 Å². The third-order valence-electron chi connectivity index (χ3n) is 4.43. The van der Waals surface area contributed by atoms with Gasteiger partial charge in [0.05, 0.1) is 42.7 Å². The summed E-state index contributed by atoms with van der Waals surface area (Å²) in [5.41, 5.74) is 1.41. The molecule has 0 saturated carbocycles. The Labute approximate surface area is 200 Å². The van der Waals surface area contributed by atoms with Crippen LogP contribution in [0.5, 0.6) is 34.5 Å². The van der Waals surface area contributed by atoms with Gasteiger partial charge in [0.15, 0.2) is 23.0 Å². The second kappa shape index (κ2) is 13.1. The largest absolute Gasteiger partial charge is 0.608 e. The van der Waals surface area contributed by atoms with E-state index in [4.69, 9.17) is 28.4 Å². The minimum absolute atomic E-state index is 0.0537. The van der Waals surface area contributed by atoms with Crippen LogP contribution < -0.4 is 28.4 Å². The van der Waals surface area contributed by atoms with Gasteiger partial charge in [0.1, 0.15) is 10.8 Å². The molecule has 0 aliphatic heterocycles. The quantitative estimate of drug-likeness (QED) is 0.409. The van der Waals surface area contributed by atoms with Crippen molar-refractivity contribution in [2.75, 3.05) is 47.7 Å². The van der Waals surface area contributed by atoms with Crippen molar-refractivity contribution < 1.29 is 37.5 Å². The third kappa shape index (κ3) is 7.16.